The van der Waals surface area contributed by atoms with Gasteiger partial charge in [-0.05, 0) is 6.08 Å². The molecule has 0 spiro atoms. The van der Waals surface area contributed by atoms with Gasteiger partial charge in [-0.2, -0.15) is 0 Å². The fourth-order valence-electron chi connectivity index (χ4n) is 2.50. The van der Waals surface area contributed by atoms with Crippen LogP contribution < -0.4 is 11.1 Å². The highest BCUT2D eigenvalue weighted by molar-refractivity contribution is 8.00. The summed E-state index contributed by atoms with van der Waals surface area (Å²) >= 11 is 2.43. The van der Waals surface area contributed by atoms with E-state index in [1.54, 1.807) is 0 Å². The van der Waals surface area contributed by atoms with E-state index in [1.807, 2.05) is 0 Å². The molecule has 0 radical (unpaired) electrons. The Hall–Kier alpha value is -2.64. The van der Waals surface area contributed by atoms with Gasteiger partial charge < -0.3 is 26.1 Å². The van der Waals surface area contributed by atoms with Crippen LogP contribution in [0, 0.1) is 0 Å². The highest BCUT2D eigenvalue weighted by Crippen LogP contribution is 2.37. The van der Waals surface area contributed by atoms with Gasteiger partial charge >= 0.3 is 5.97 Å². The predicted molar refractivity (Wildman–Crippen MR) is 96.8 cm³/mol. The number of nitrogen functional groups attached to an aromatic ring is 1. The van der Waals surface area contributed by atoms with E-state index in [1.165, 1.54) is 23.2 Å². The monoisotopic (exact) mass is 413 g/mol. The topological polar surface area (TPSA) is 167 Å². The summed E-state index contributed by atoms with van der Waals surface area (Å²) in [5.41, 5.74) is 5.45. The van der Waals surface area contributed by atoms with Crippen LogP contribution in [0.5, 0.6) is 0 Å². The van der Waals surface area contributed by atoms with E-state index < -0.39 is 29.2 Å². The van der Waals surface area contributed by atoms with Crippen LogP contribution in [-0.2, 0) is 19.2 Å². The lowest BCUT2D eigenvalue weighted by Crippen LogP contribution is -2.70. The number of carbonyl (C=O) groups is 3. The first-order valence-electron chi connectivity index (χ1n) is 7.65. The molecule has 0 aromatic carbocycles. The Kier molecular flexibility index (Phi) is 5.62. The number of β-lactam (4-membered cyclic amide) rings is 1. The molecule has 11 nitrogen and oxygen atoms in total. The molecule has 1 aromatic heterocycles. The van der Waals surface area contributed by atoms with Crippen molar-refractivity contribution in [2.24, 2.45) is 5.16 Å². The minimum Gasteiger partial charge on any atom is -0.477 e. The molecule has 2 atom stereocenters. The Morgan fingerprint density at radius 3 is 2.93 bits per heavy atom. The number of aliphatic hydroxyl groups is 1. The molecule has 5 N–H and O–H groups in total. The zero-order valence-electron chi connectivity index (χ0n) is 13.7. The van der Waals surface area contributed by atoms with Gasteiger partial charge in [0.15, 0.2) is 10.8 Å². The molecule has 0 saturated carbocycles. The van der Waals surface area contributed by atoms with Gasteiger partial charge in [-0.15, -0.1) is 23.1 Å². The minimum atomic E-state index is -1.20. The summed E-state index contributed by atoms with van der Waals surface area (Å²) in [6.45, 7) is -0.422. The summed E-state index contributed by atoms with van der Waals surface area (Å²) < 4.78 is 0. The lowest BCUT2D eigenvalue weighted by Gasteiger charge is -2.48. The van der Waals surface area contributed by atoms with Crippen molar-refractivity contribution in [1.82, 2.24) is 15.2 Å². The molecule has 3 rings (SSSR count). The molecule has 3 heterocycles. The molecule has 13 heteroatoms. The number of nitrogens with one attached hydrogen (secondary N) is 1. The summed E-state index contributed by atoms with van der Waals surface area (Å²) in [6, 6.07) is -0.899. The number of carbonyl (C=O) groups excluding carboxylic acids is 2. The number of thiazole rings is 1. The van der Waals surface area contributed by atoms with Gasteiger partial charge in [-0.1, -0.05) is 5.16 Å². The van der Waals surface area contributed by atoms with Crippen LogP contribution in [0.15, 0.2) is 22.3 Å². The lowest BCUT2D eigenvalue weighted by atomic mass is 10.0. The van der Waals surface area contributed by atoms with Gasteiger partial charge in [0, 0.05) is 11.1 Å². The second-order valence-electron chi connectivity index (χ2n) is 5.35. The normalized spacial score (nSPS) is 21.8. The van der Waals surface area contributed by atoms with Gasteiger partial charge in [0.25, 0.3) is 11.8 Å². The molecule has 2 aliphatic heterocycles. The van der Waals surface area contributed by atoms with Crippen molar-refractivity contribution in [2.75, 3.05) is 24.7 Å². The highest BCUT2D eigenvalue weighted by atomic mass is 32.2. The second kappa shape index (κ2) is 7.94. The minimum absolute atomic E-state index is 0.0957. The Morgan fingerprint density at radius 1 is 1.52 bits per heavy atom. The maximum atomic E-state index is 12.6. The quantitative estimate of drug-likeness (QED) is 0.186. The largest absolute Gasteiger partial charge is 0.477 e. The summed E-state index contributed by atoms with van der Waals surface area (Å²) in [5.74, 6) is -2.03. The number of hydrogen-bond acceptors (Lipinski definition) is 10. The number of amides is 2. The number of carboxylic acids is 1. The van der Waals surface area contributed by atoms with E-state index in [-0.39, 0.29) is 35.4 Å². The SMILES string of the molecule is Nc1nc(C(=NOCCO)C(=O)NC2C(=O)N3C(C(=O)O)=CCS[C@H]23)cs1. The molecule has 1 fully saturated rings. The smallest absolute Gasteiger partial charge is 0.352 e. The Bertz CT molecular complexity index is 838. The molecule has 27 heavy (non-hydrogen) atoms. The van der Waals surface area contributed by atoms with E-state index >= 15 is 0 Å². The average molecular weight is 413 g/mol. The Labute approximate surface area is 160 Å². The van der Waals surface area contributed by atoms with E-state index in [9.17, 15) is 19.5 Å². The number of aliphatic carboxylic acids is 1. The number of aliphatic hydroxyl groups excluding tert-OH is 1. The molecule has 144 valence electrons. The lowest BCUT2D eigenvalue weighted by molar-refractivity contribution is -0.150. The number of anilines is 1. The van der Waals surface area contributed by atoms with Gasteiger partial charge in [0.05, 0.1) is 6.61 Å². The molecule has 1 saturated heterocycles. The fourth-order valence-corrected chi connectivity index (χ4v) is 4.24. The van der Waals surface area contributed by atoms with Crippen molar-refractivity contribution in [2.45, 2.75) is 11.4 Å². The maximum absolute atomic E-state index is 12.6. The first kappa shape index (κ1) is 19.1. The number of fused-ring (bicyclic) bond motifs is 1. The van der Waals surface area contributed by atoms with Crippen LogP contribution in [0.25, 0.3) is 0 Å². The predicted octanol–water partition coefficient (Wildman–Crippen LogP) is -1.19. The number of rotatable bonds is 7. The highest BCUT2D eigenvalue weighted by Gasteiger charge is 2.53. The number of nitrogens with two attached hydrogens (primary N) is 1. The van der Waals surface area contributed by atoms with Gasteiger partial charge in [0.1, 0.15) is 29.4 Å². The van der Waals surface area contributed by atoms with Gasteiger partial charge in [0.2, 0.25) is 0 Å². The number of thioether (sulfide) groups is 1. The van der Waals surface area contributed by atoms with Crippen molar-refractivity contribution >= 4 is 51.7 Å². The second-order valence-corrected chi connectivity index (χ2v) is 7.38. The Morgan fingerprint density at radius 2 is 2.30 bits per heavy atom. The molecule has 2 aliphatic rings. The summed E-state index contributed by atoms with van der Waals surface area (Å²) in [7, 11) is 0. The van der Waals surface area contributed by atoms with Crippen LogP contribution >= 0.6 is 23.1 Å². The van der Waals surface area contributed by atoms with Crippen LogP contribution in [0.2, 0.25) is 0 Å². The van der Waals surface area contributed by atoms with E-state index in [0.29, 0.717) is 5.75 Å². The Balaban J connectivity index is 1.75. The fraction of sp³-hybridized carbons (Fsp3) is 0.357. The molecular formula is C14H15N5O6S2. The average Bonchev–Trinajstić information content (AvgIpc) is 3.08. The zero-order valence-corrected chi connectivity index (χ0v) is 15.3. The van der Waals surface area contributed by atoms with Crippen molar-refractivity contribution in [3.8, 4) is 0 Å². The summed E-state index contributed by atoms with van der Waals surface area (Å²) in [5, 5.41) is 25.4. The van der Waals surface area contributed by atoms with Gasteiger partial charge in [-0.25, -0.2) is 9.78 Å². The standard InChI is InChI=1S/C14H15N5O6S2/c15-14-16-6(5-27-14)8(18-25-3-2-20)10(21)17-9-11(22)19-7(13(23)24)1-4-26-12(9)19/h1,5,9,12,20H,2-4H2,(H2,15,16)(H,17,21)(H,23,24)/t9?,12-/m1/s1. The van der Waals surface area contributed by atoms with Gasteiger partial charge in [-0.3, -0.25) is 14.5 Å². The number of oxime groups is 1. The molecule has 2 amide bonds. The molecule has 1 aromatic rings. The number of hydrogen-bond donors (Lipinski definition) is 4. The molecule has 0 bridgehead atoms. The van der Waals surface area contributed by atoms with Crippen molar-refractivity contribution in [3.05, 3.63) is 22.8 Å². The van der Waals surface area contributed by atoms with Crippen LogP contribution in [0.1, 0.15) is 5.69 Å². The third-order valence-corrected chi connectivity index (χ3v) is 5.53. The summed E-state index contributed by atoms with van der Waals surface area (Å²) in [4.78, 5) is 46.1. The van der Waals surface area contributed by atoms with Crippen molar-refractivity contribution in [1.29, 1.82) is 0 Å². The first-order valence-corrected chi connectivity index (χ1v) is 9.58. The molecular weight excluding hydrogens is 398 g/mol. The van der Waals surface area contributed by atoms with Crippen LogP contribution in [0.3, 0.4) is 0 Å². The third kappa shape index (κ3) is 3.74. The van der Waals surface area contributed by atoms with E-state index in [2.05, 4.69) is 15.5 Å². The number of nitrogens with zero attached hydrogens (tertiary/aromatic N) is 3. The number of aromatic nitrogens is 1. The first-order chi connectivity index (χ1) is 12.9. The zero-order chi connectivity index (χ0) is 19.6. The van der Waals surface area contributed by atoms with Crippen molar-refractivity contribution in [3.63, 3.8) is 0 Å². The maximum Gasteiger partial charge on any atom is 0.352 e. The van der Waals surface area contributed by atoms with Crippen LogP contribution in [-0.4, -0.2) is 74.0 Å². The van der Waals surface area contributed by atoms with E-state index in [0.717, 1.165) is 16.2 Å². The molecule has 1 unspecified atom stereocenters. The van der Waals surface area contributed by atoms with E-state index in [4.69, 9.17) is 15.7 Å². The third-order valence-electron chi connectivity index (χ3n) is 3.67. The van der Waals surface area contributed by atoms with Crippen molar-refractivity contribution < 1.29 is 29.4 Å². The summed E-state index contributed by atoms with van der Waals surface area (Å²) in [6.07, 6.45) is 1.45. The number of carboxylic acid groups (broad SMARTS) is 1. The van der Waals surface area contributed by atoms with Crippen LogP contribution in [0.4, 0.5) is 5.13 Å². The molecule has 0 aliphatic carbocycles.